The Bertz CT molecular complexity index is 1400. The van der Waals surface area contributed by atoms with Crippen LogP contribution in [0, 0.1) is 16.0 Å². The fourth-order valence-corrected chi connectivity index (χ4v) is 6.91. The van der Waals surface area contributed by atoms with Crippen molar-refractivity contribution in [2.75, 3.05) is 26.3 Å². The van der Waals surface area contributed by atoms with Crippen LogP contribution in [-0.4, -0.2) is 48.5 Å². The van der Waals surface area contributed by atoms with E-state index in [0.717, 1.165) is 35.3 Å². The number of aromatic nitrogens is 1. The van der Waals surface area contributed by atoms with Crippen molar-refractivity contribution in [2.24, 2.45) is 10.9 Å². The van der Waals surface area contributed by atoms with Crippen molar-refractivity contribution in [3.05, 3.63) is 68.8 Å². The Labute approximate surface area is 227 Å². The summed E-state index contributed by atoms with van der Waals surface area (Å²) in [5, 5.41) is 13.1. The average molecular weight is 559 g/mol. The van der Waals surface area contributed by atoms with Crippen LogP contribution >= 0.6 is 11.3 Å². The Morgan fingerprint density at radius 3 is 2.29 bits per heavy atom. The molecule has 0 spiro atoms. The fraction of sp³-hybridized carbons (Fsp3) is 0.444. The van der Waals surface area contributed by atoms with Gasteiger partial charge in [-0.2, -0.15) is 4.31 Å². The normalized spacial score (nSPS) is 16.2. The molecule has 1 aliphatic rings. The summed E-state index contributed by atoms with van der Waals surface area (Å²) in [4.78, 5) is 16.6. The van der Waals surface area contributed by atoms with Crippen molar-refractivity contribution < 1.29 is 18.1 Å². The minimum Gasteiger partial charge on any atom is -0.379 e. The third kappa shape index (κ3) is 6.58. The van der Waals surface area contributed by atoms with Gasteiger partial charge in [0.05, 0.1) is 34.4 Å². The van der Waals surface area contributed by atoms with Crippen molar-refractivity contribution in [1.29, 1.82) is 0 Å². The number of sulfonamides is 1. The highest BCUT2D eigenvalue weighted by molar-refractivity contribution is 7.89. The van der Waals surface area contributed by atoms with Crippen LogP contribution in [0.5, 0.6) is 0 Å². The number of nitro groups is 1. The number of non-ortho nitro benzene ring substituents is 1. The summed E-state index contributed by atoms with van der Waals surface area (Å²) in [5.74, 6) is 0.625. The summed E-state index contributed by atoms with van der Waals surface area (Å²) in [6, 6.07) is 13.4. The van der Waals surface area contributed by atoms with Gasteiger partial charge in [0.1, 0.15) is 0 Å². The Morgan fingerprint density at radius 2 is 1.68 bits per heavy atom. The number of hydrogen-bond acceptors (Lipinski definition) is 7. The van der Waals surface area contributed by atoms with Crippen molar-refractivity contribution in [1.82, 2.24) is 8.87 Å². The van der Waals surface area contributed by atoms with Gasteiger partial charge in [-0.05, 0) is 61.2 Å². The number of nitro benzene ring substituents is 1. The molecule has 9 nitrogen and oxygen atoms in total. The first-order valence-electron chi connectivity index (χ1n) is 12.8. The summed E-state index contributed by atoms with van der Waals surface area (Å²) in [5.41, 5.74) is 2.55. The number of hydrogen-bond donors (Lipinski definition) is 0. The predicted octanol–water partition coefficient (Wildman–Crippen LogP) is 5.77. The highest BCUT2D eigenvalue weighted by Crippen LogP contribution is 2.28. The zero-order valence-electron chi connectivity index (χ0n) is 21.9. The minimum absolute atomic E-state index is 0.0533. The quantitative estimate of drug-likeness (QED) is 0.232. The monoisotopic (exact) mass is 558 g/mol. The number of ether oxygens (including phenoxy) is 1. The highest BCUT2D eigenvalue weighted by Gasteiger charge is 2.26. The van der Waals surface area contributed by atoms with E-state index in [1.54, 1.807) is 36.4 Å². The van der Waals surface area contributed by atoms with Gasteiger partial charge in [-0.25, -0.2) is 13.4 Å². The molecule has 2 heterocycles. The van der Waals surface area contributed by atoms with Crippen molar-refractivity contribution in [2.45, 2.75) is 51.0 Å². The first kappa shape index (κ1) is 28.2. The molecule has 4 rings (SSSR count). The summed E-state index contributed by atoms with van der Waals surface area (Å²) in [6.45, 7) is 8.10. The summed E-state index contributed by atoms with van der Waals surface area (Å²) >= 11 is 1.50. The zero-order chi connectivity index (χ0) is 27.3. The molecule has 0 aliphatic carbocycles. The van der Waals surface area contributed by atoms with E-state index in [9.17, 15) is 18.5 Å². The smallest absolute Gasteiger partial charge is 0.269 e. The second kappa shape index (κ2) is 12.3. The molecule has 0 radical (unpaired) electrons. The van der Waals surface area contributed by atoms with Crippen molar-refractivity contribution in [3.63, 3.8) is 0 Å². The first-order chi connectivity index (χ1) is 18.2. The molecule has 38 heavy (non-hydrogen) atoms. The molecule has 1 aromatic heterocycles. The van der Waals surface area contributed by atoms with Gasteiger partial charge in [0, 0.05) is 36.6 Å². The molecule has 2 aromatic carbocycles. The lowest BCUT2D eigenvalue weighted by Gasteiger charge is -2.26. The van der Waals surface area contributed by atoms with Crippen LogP contribution in [-0.2, 0) is 14.8 Å². The lowest BCUT2D eigenvalue weighted by atomic mass is 10.0. The molecule has 204 valence electrons. The predicted molar refractivity (Wildman–Crippen MR) is 149 cm³/mol. The molecular weight excluding hydrogens is 524 g/mol. The number of benzene rings is 2. The van der Waals surface area contributed by atoms with E-state index in [0.29, 0.717) is 37.9 Å². The molecule has 1 unspecified atom stereocenters. The molecule has 3 aromatic rings. The average Bonchev–Trinajstić information content (AvgIpc) is 3.33. The second-order valence-electron chi connectivity index (χ2n) is 9.87. The maximum atomic E-state index is 13.0. The van der Waals surface area contributed by atoms with Crippen molar-refractivity contribution >= 4 is 32.7 Å². The van der Waals surface area contributed by atoms with Gasteiger partial charge in [0.25, 0.3) is 5.69 Å². The van der Waals surface area contributed by atoms with Gasteiger partial charge in [-0.15, -0.1) is 11.3 Å². The van der Waals surface area contributed by atoms with Gasteiger partial charge in [-0.1, -0.05) is 26.7 Å². The maximum absolute atomic E-state index is 13.0. The lowest BCUT2D eigenvalue weighted by Crippen LogP contribution is -2.40. The molecular formula is C27H34N4O5S2. The van der Waals surface area contributed by atoms with Crippen LogP contribution in [0.3, 0.4) is 0 Å². The Hall–Kier alpha value is -2.86. The second-order valence-corrected chi connectivity index (χ2v) is 12.6. The molecule has 1 fully saturated rings. The number of rotatable bonds is 10. The van der Waals surface area contributed by atoms with E-state index in [1.165, 1.54) is 27.8 Å². The lowest BCUT2D eigenvalue weighted by molar-refractivity contribution is -0.384. The van der Waals surface area contributed by atoms with Gasteiger partial charge < -0.3 is 9.30 Å². The van der Waals surface area contributed by atoms with Gasteiger partial charge in [-0.3, -0.25) is 10.1 Å². The van der Waals surface area contributed by atoms with E-state index in [2.05, 4.69) is 25.3 Å². The van der Waals surface area contributed by atoms with Crippen LogP contribution in [0.25, 0.3) is 11.3 Å². The van der Waals surface area contributed by atoms with Crippen molar-refractivity contribution in [3.8, 4) is 11.3 Å². The molecule has 1 aliphatic heterocycles. The van der Waals surface area contributed by atoms with E-state index in [4.69, 9.17) is 9.73 Å². The zero-order valence-corrected chi connectivity index (χ0v) is 23.6. The highest BCUT2D eigenvalue weighted by atomic mass is 32.2. The Morgan fingerprint density at radius 1 is 1.03 bits per heavy atom. The summed E-state index contributed by atoms with van der Waals surface area (Å²) in [6.07, 6.45) is 3.18. The number of thiazole rings is 1. The molecule has 0 bridgehead atoms. The SMILES string of the molecule is CC(C)CCCC(C)n1c(-c2ccc([N+](=O)[O-])cc2)csc1=Nc1ccc(S(=O)(=O)N2CCOCC2)cc1. The Kier molecular flexibility index (Phi) is 9.14. The summed E-state index contributed by atoms with van der Waals surface area (Å²) in [7, 11) is -3.57. The topological polar surface area (TPSA) is 107 Å². The van der Waals surface area contributed by atoms with Gasteiger partial charge >= 0.3 is 0 Å². The third-order valence-electron chi connectivity index (χ3n) is 6.63. The van der Waals surface area contributed by atoms with Crippen LogP contribution in [0.1, 0.15) is 46.1 Å². The van der Waals surface area contributed by atoms with Crippen LogP contribution in [0.15, 0.2) is 63.8 Å². The van der Waals surface area contributed by atoms with Crippen LogP contribution in [0.2, 0.25) is 0 Å². The molecule has 0 amide bonds. The molecule has 0 saturated carbocycles. The summed E-state index contributed by atoms with van der Waals surface area (Å²) < 4.78 is 34.9. The van der Waals surface area contributed by atoms with E-state index in [1.807, 2.05) is 5.38 Å². The van der Waals surface area contributed by atoms with Crippen LogP contribution < -0.4 is 4.80 Å². The minimum atomic E-state index is -3.57. The van der Waals surface area contributed by atoms with Gasteiger partial charge in [0.2, 0.25) is 10.0 Å². The molecule has 1 saturated heterocycles. The van der Waals surface area contributed by atoms with E-state index in [-0.39, 0.29) is 16.6 Å². The molecule has 11 heteroatoms. The maximum Gasteiger partial charge on any atom is 0.269 e. The van der Waals surface area contributed by atoms with Gasteiger partial charge in [0.15, 0.2) is 4.80 Å². The Balaban J connectivity index is 1.67. The first-order valence-corrected chi connectivity index (χ1v) is 15.2. The van der Waals surface area contributed by atoms with E-state index < -0.39 is 14.9 Å². The molecule has 0 N–H and O–H groups in total. The van der Waals surface area contributed by atoms with E-state index >= 15 is 0 Å². The fourth-order valence-electron chi connectivity index (χ4n) is 4.48. The number of morpholine rings is 1. The standard InChI is InChI=1S/C27H34N4O5S2/c1-20(2)5-4-6-21(3)30-26(22-7-11-24(12-8-22)31(32)33)19-37-27(30)28-23-9-13-25(14-10-23)38(34,35)29-15-17-36-18-16-29/h7-14,19-21H,4-6,15-18H2,1-3H3. The largest absolute Gasteiger partial charge is 0.379 e. The van der Waals surface area contributed by atoms with Crippen LogP contribution in [0.4, 0.5) is 11.4 Å². The molecule has 1 atom stereocenters. The number of nitrogens with zero attached hydrogens (tertiary/aromatic N) is 4. The third-order valence-corrected chi connectivity index (χ3v) is 9.38.